The molecule has 66 valence electrons. The van der Waals surface area contributed by atoms with E-state index in [2.05, 4.69) is 13.8 Å². The molecule has 1 rings (SSSR count). The van der Waals surface area contributed by atoms with E-state index in [9.17, 15) is 0 Å². The molecule has 0 aromatic carbocycles. The maximum atomic E-state index is 5.59. The van der Waals surface area contributed by atoms with Crippen molar-refractivity contribution in [2.24, 2.45) is 0 Å². The Hall–Kier alpha value is -0.0800. The molecular weight excluding hydrogens is 140 g/mol. The second kappa shape index (κ2) is 4.73. The summed E-state index contributed by atoms with van der Waals surface area (Å²) in [7, 11) is 0. The van der Waals surface area contributed by atoms with Crippen LogP contribution in [0.3, 0.4) is 0 Å². The number of rotatable bonds is 2. The van der Waals surface area contributed by atoms with Gasteiger partial charge in [-0.3, -0.25) is 0 Å². The van der Waals surface area contributed by atoms with Gasteiger partial charge in [-0.05, 0) is 19.8 Å². The molecule has 0 bridgehead atoms. The van der Waals surface area contributed by atoms with E-state index in [0.29, 0.717) is 12.2 Å². The lowest BCUT2D eigenvalue weighted by atomic mass is 10.1. The molecule has 0 saturated carbocycles. The smallest absolute Gasteiger partial charge is 0.0704 e. The van der Waals surface area contributed by atoms with Gasteiger partial charge in [0.1, 0.15) is 0 Å². The van der Waals surface area contributed by atoms with Crippen LogP contribution in [0.2, 0.25) is 0 Å². The molecule has 0 aromatic heterocycles. The molecule has 0 N–H and O–H groups in total. The SMILES string of the molecule is CCCC1CC(C)OCCO1. The molecule has 0 amide bonds. The van der Waals surface area contributed by atoms with Gasteiger partial charge in [0.25, 0.3) is 0 Å². The van der Waals surface area contributed by atoms with Crippen LogP contribution >= 0.6 is 0 Å². The predicted octanol–water partition coefficient (Wildman–Crippen LogP) is 1.98. The summed E-state index contributed by atoms with van der Waals surface area (Å²) in [5.74, 6) is 0. The van der Waals surface area contributed by atoms with Gasteiger partial charge in [-0.2, -0.15) is 0 Å². The van der Waals surface area contributed by atoms with Gasteiger partial charge in [-0.25, -0.2) is 0 Å². The zero-order valence-electron chi connectivity index (χ0n) is 7.51. The molecule has 2 heteroatoms. The average molecular weight is 158 g/mol. The minimum absolute atomic E-state index is 0.383. The Labute approximate surface area is 68.9 Å². The summed E-state index contributed by atoms with van der Waals surface area (Å²) in [5, 5.41) is 0. The van der Waals surface area contributed by atoms with Crippen LogP contribution < -0.4 is 0 Å². The van der Waals surface area contributed by atoms with Crippen LogP contribution in [0.1, 0.15) is 33.1 Å². The van der Waals surface area contributed by atoms with Crippen LogP contribution in [0.25, 0.3) is 0 Å². The lowest BCUT2D eigenvalue weighted by Gasteiger charge is -2.14. The normalized spacial score (nSPS) is 33.3. The van der Waals surface area contributed by atoms with Crippen LogP contribution in [0, 0.1) is 0 Å². The molecule has 1 heterocycles. The maximum Gasteiger partial charge on any atom is 0.0704 e. The number of ether oxygens (including phenoxy) is 2. The van der Waals surface area contributed by atoms with Gasteiger partial charge in [-0.15, -0.1) is 0 Å². The van der Waals surface area contributed by atoms with E-state index in [1.54, 1.807) is 0 Å². The highest BCUT2D eigenvalue weighted by Gasteiger charge is 2.16. The first-order chi connectivity index (χ1) is 5.33. The second-order valence-corrected chi connectivity index (χ2v) is 3.20. The van der Waals surface area contributed by atoms with E-state index in [4.69, 9.17) is 9.47 Å². The molecule has 0 aliphatic carbocycles. The molecule has 1 saturated heterocycles. The number of hydrogen-bond acceptors (Lipinski definition) is 2. The fourth-order valence-electron chi connectivity index (χ4n) is 1.49. The molecule has 0 aromatic rings. The van der Waals surface area contributed by atoms with Crippen molar-refractivity contribution in [2.75, 3.05) is 13.2 Å². The third-order valence-corrected chi connectivity index (χ3v) is 2.04. The van der Waals surface area contributed by atoms with E-state index in [1.807, 2.05) is 0 Å². The Morgan fingerprint density at radius 2 is 2.00 bits per heavy atom. The van der Waals surface area contributed by atoms with Crippen LogP contribution in [-0.2, 0) is 9.47 Å². The summed E-state index contributed by atoms with van der Waals surface area (Å²) in [6, 6.07) is 0. The van der Waals surface area contributed by atoms with Gasteiger partial charge in [-0.1, -0.05) is 13.3 Å². The molecule has 1 aliphatic heterocycles. The monoisotopic (exact) mass is 158 g/mol. The predicted molar refractivity (Wildman–Crippen MR) is 44.7 cm³/mol. The molecular formula is C9H18O2. The van der Waals surface area contributed by atoms with Gasteiger partial charge in [0, 0.05) is 0 Å². The highest BCUT2D eigenvalue weighted by atomic mass is 16.5. The van der Waals surface area contributed by atoms with Crippen molar-refractivity contribution in [1.82, 2.24) is 0 Å². The first kappa shape index (κ1) is 9.01. The van der Waals surface area contributed by atoms with Crippen molar-refractivity contribution in [2.45, 2.75) is 45.3 Å². The standard InChI is InChI=1S/C9H18O2/c1-3-4-9-7-8(2)10-5-6-11-9/h8-9H,3-7H2,1-2H3. The zero-order chi connectivity index (χ0) is 8.10. The maximum absolute atomic E-state index is 5.59. The highest BCUT2D eigenvalue weighted by molar-refractivity contribution is 4.65. The summed E-state index contributed by atoms with van der Waals surface area (Å²) in [4.78, 5) is 0. The quantitative estimate of drug-likeness (QED) is 0.611. The Morgan fingerprint density at radius 1 is 1.27 bits per heavy atom. The second-order valence-electron chi connectivity index (χ2n) is 3.20. The topological polar surface area (TPSA) is 18.5 Å². The summed E-state index contributed by atoms with van der Waals surface area (Å²) in [6.45, 7) is 5.85. The van der Waals surface area contributed by atoms with Gasteiger partial charge in [0.15, 0.2) is 0 Å². The molecule has 11 heavy (non-hydrogen) atoms. The van der Waals surface area contributed by atoms with Gasteiger partial charge in [0.2, 0.25) is 0 Å². The third-order valence-electron chi connectivity index (χ3n) is 2.04. The Morgan fingerprint density at radius 3 is 2.73 bits per heavy atom. The molecule has 1 aliphatic rings. The fourth-order valence-corrected chi connectivity index (χ4v) is 1.49. The van der Waals surface area contributed by atoms with Crippen LogP contribution in [0.4, 0.5) is 0 Å². The Kier molecular flexibility index (Phi) is 3.87. The minimum Gasteiger partial charge on any atom is -0.376 e. The van der Waals surface area contributed by atoms with E-state index < -0.39 is 0 Å². The van der Waals surface area contributed by atoms with Crippen molar-refractivity contribution in [1.29, 1.82) is 0 Å². The average Bonchev–Trinajstić information content (AvgIpc) is 2.15. The fraction of sp³-hybridized carbons (Fsp3) is 1.00. The van der Waals surface area contributed by atoms with Crippen LogP contribution in [0.5, 0.6) is 0 Å². The largest absolute Gasteiger partial charge is 0.376 e. The van der Waals surface area contributed by atoms with Crippen LogP contribution in [-0.4, -0.2) is 25.4 Å². The molecule has 1 fully saturated rings. The van der Waals surface area contributed by atoms with Gasteiger partial charge >= 0.3 is 0 Å². The van der Waals surface area contributed by atoms with Crippen LogP contribution in [0.15, 0.2) is 0 Å². The van der Waals surface area contributed by atoms with Crippen molar-refractivity contribution in [3.05, 3.63) is 0 Å². The molecule has 2 nitrogen and oxygen atoms in total. The van der Waals surface area contributed by atoms with Crippen molar-refractivity contribution < 1.29 is 9.47 Å². The third kappa shape index (κ3) is 3.21. The van der Waals surface area contributed by atoms with E-state index >= 15 is 0 Å². The van der Waals surface area contributed by atoms with Gasteiger partial charge < -0.3 is 9.47 Å². The zero-order valence-corrected chi connectivity index (χ0v) is 7.51. The highest BCUT2D eigenvalue weighted by Crippen LogP contribution is 2.14. The summed E-state index contributed by atoms with van der Waals surface area (Å²) >= 11 is 0. The Bertz CT molecular complexity index is 104. The summed E-state index contributed by atoms with van der Waals surface area (Å²) < 4.78 is 11.0. The minimum atomic E-state index is 0.383. The lowest BCUT2D eigenvalue weighted by molar-refractivity contribution is 0.0465. The molecule has 0 radical (unpaired) electrons. The first-order valence-electron chi connectivity index (χ1n) is 4.56. The van der Waals surface area contributed by atoms with Gasteiger partial charge in [0.05, 0.1) is 25.4 Å². The van der Waals surface area contributed by atoms with E-state index in [-0.39, 0.29) is 0 Å². The molecule has 0 spiro atoms. The van der Waals surface area contributed by atoms with E-state index in [0.717, 1.165) is 19.6 Å². The van der Waals surface area contributed by atoms with E-state index in [1.165, 1.54) is 12.8 Å². The first-order valence-corrected chi connectivity index (χ1v) is 4.56. The molecule has 2 unspecified atom stereocenters. The Balaban J connectivity index is 2.27. The lowest BCUT2D eigenvalue weighted by Crippen LogP contribution is -2.15. The number of hydrogen-bond donors (Lipinski definition) is 0. The summed E-state index contributed by atoms with van der Waals surface area (Å²) in [5.41, 5.74) is 0. The summed E-state index contributed by atoms with van der Waals surface area (Å²) in [6.07, 6.45) is 4.27. The van der Waals surface area contributed by atoms with Crippen molar-refractivity contribution in [3.8, 4) is 0 Å². The van der Waals surface area contributed by atoms with Crippen molar-refractivity contribution >= 4 is 0 Å². The molecule has 2 atom stereocenters. The van der Waals surface area contributed by atoms with Crippen molar-refractivity contribution in [3.63, 3.8) is 0 Å².